The van der Waals surface area contributed by atoms with Crippen LogP contribution < -0.4 is 10.1 Å². The second-order valence-corrected chi connectivity index (χ2v) is 6.54. The summed E-state index contributed by atoms with van der Waals surface area (Å²) in [6.07, 6.45) is -2.85. The molecular formula is C19H20F3NO3. The lowest BCUT2D eigenvalue weighted by molar-refractivity contribution is -0.154. The van der Waals surface area contributed by atoms with Crippen LogP contribution in [0.1, 0.15) is 37.0 Å². The van der Waals surface area contributed by atoms with E-state index in [1.54, 1.807) is 37.3 Å². The molecule has 1 amide bonds. The van der Waals surface area contributed by atoms with Crippen LogP contribution >= 0.6 is 0 Å². The van der Waals surface area contributed by atoms with Gasteiger partial charge in [0, 0.05) is 24.6 Å². The third kappa shape index (κ3) is 3.71. The zero-order valence-electron chi connectivity index (χ0n) is 14.6. The fourth-order valence-corrected chi connectivity index (χ4v) is 2.90. The summed E-state index contributed by atoms with van der Waals surface area (Å²) in [7, 11) is 1.52. The highest BCUT2D eigenvalue weighted by Gasteiger charge is 2.49. The maximum atomic E-state index is 13.5. The number of nitrogens with one attached hydrogen (secondary N) is 1. The molecule has 4 nitrogen and oxygen atoms in total. The molecular weight excluding hydrogens is 347 g/mol. The van der Waals surface area contributed by atoms with Crippen molar-refractivity contribution in [2.24, 2.45) is 0 Å². The van der Waals surface area contributed by atoms with E-state index in [0.717, 1.165) is 0 Å². The molecule has 1 aliphatic carbocycles. The summed E-state index contributed by atoms with van der Waals surface area (Å²) in [6.45, 7) is 1.56. The third-order valence-corrected chi connectivity index (χ3v) is 4.60. The molecule has 0 radical (unpaired) electrons. The van der Waals surface area contributed by atoms with Crippen molar-refractivity contribution in [3.8, 4) is 17.1 Å². The summed E-state index contributed by atoms with van der Waals surface area (Å²) in [5.74, 6) is -1.41. The Bertz CT molecular complexity index is 792. The molecule has 2 aromatic rings. The Morgan fingerprint density at radius 2 is 1.92 bits per heavy atom. The van der Waals surface area contributed by atoms with Crippen molar-refractivity contribution in [1.82, 2.24) is 5.32 Å². The Labute approximate surface area is 149 Å². The van der Waals surface area contributed by atoms with E-state index in [0.29, 0.717) is 30.4 Å². The lowest BCUT2D eigenvalue weighted by Crippen LogP contribution is -2.25. The Hall–Kier alpha value is -2.44. The molecule has 7 heteroatoms. The lowest BCUT2D eigenvalue weighted by Gasteiger charge is -2.19. The molecule has 0 atom stereocenters. The number of carbonyl (C=O) groups excluding carboxylic acids is 1. The SMILES string of the molecule is CNC(=O)CCC1(Oc2c(C(F)(F)F)oc(-c3ccccc3)c2C)CC1. The van der Waals surface area contributed by atoms with Gasteiger partial charge in [-0.25, -0.2) is 0 Å². The molecule has 1 aromatic heterocycles. The molecule has 26 heavy (non-hydrogen) atoms. The van der Waals surface area contributed by atoms with Gasteiger partial charge in [0.05, 0.1) is 0 Å². The van der Waals surface area contributed by atoms with Crippen molar-refractivity contribution in [2.75, 3.05) is 7.05 Å². The molecule has 0 unspecified atom stereocenters. The van der Waals surface area contributed by atoms with Crippen LogP contribution in [0.4, 0.5) is 13.2 Å². The predicted octanol–water partition coefficient (Wildman–Crippen LogP) is 4.71. The molecule has 1 saturated carbocycles. The number of hydrogen-bond acceptors (Lipinski definition) is 3. The molecule has 1 N–H and O–H groups in total. The average Bonchev–Trinajstić information content (AvgIpc) is 3.30. The van der Waals surface area contributed by atoms with E-state index in [4.69, 9.17) is 9.15 Å². The van der Waals surface area contributed by atoms with Crippen LogP contribution in [-0.4, -0.2) is 18.6 Å². The maximum Gasteiger partial charge on any atom is 0.453 e. The van der Waals surface area contributed by atoms with Crippen LogP contribution in [0.5, 0.6) is 5.75 Å². The number of ether oxygens (including phenoxy) is 1. The van der Waals surface area contributed by atoms with Crippen molar-refractivity contribution in [3.63, 3.8) is 0 Å². The van der Waals surface area contributed by atoms with Gasteiger partial charge in [0.2, 0.25) is 5.91 Å². The molecule has 1 aliphatic rings. The van der Waals surface area contributed by atoms with Crippen molar-refractivity contribution in [3.05, 3.63) is 41.7 Å². The molecule has 3 rings (SSSR count). The second-order valence-electron chi connectivity index (χ2n) is 6.54. The van der Waals surface area contributed by atoms with E-state index in [1.165, 1.54) is 7.05 Å². The normalized spacial score (nSPS) is 15.6. The summed E-state index contributed by atoms with van der Waals surface area (Å²) in [6, 6.07) is 8.62. The summed E-state index contributed by atoms with van der Waals surface area (Å²) < 4.78 is 51.4. The van der Waals surface area contributed by atoms with Gasteiger partial charge < -0.3 is 14.5 Å². The van der Waals surface area contributed by atoms with E-state index in [2.05, 4.69) is 5.32 Å². The summed E-state index contributed by atoms with van der Waals surface area (Å²) in [5, 5.41) is 2.51. The van der Waals surface area contributed by atoms with E-state index in [-0.39, 0.29) is 23.8 Å². The molecule has 1 fully saturated rings. The van der Waals surface area contributed by atoms with Crippen molar-refractivity contribution in [2.45, 2.75) is 44.4 Å². The van der Waals surface area contributed by atoms with Gasteiger partial charge in [-0.2, -0.15) is 13.2 Å². The van der Waals surface area contributed by atoms with E-state index in [1.807, 2.05) is 0 Å². The molecule has 1 heterocycles. The monoisotopic (exact) mass is 367 g/mol. The predicted molar refractivity (Wildman–Crippen MR) is 89.8 cm³/mol. The first kappa shape index (κ1) is 18.4. The van der Waals surface area contributed by atoms with Crippen LogP contribution in [0.15, 0.2) is 34.7 Å². The average molecular weight is 367 g/mol. The lowest BCUT2D eigenvalue weighted by atomic mass is 10.1. The number of amides is 1. The fraction of sp³-hybridized carbons (Fsp3) is 0.421. The fourth-order valence-electron chi connectivity index (χ4n) is 2.90. The largest absolute Gasteiger partial charge is 0.483 e. The number of halogens is 3. The molecule has 140 valence electrons. The Kier molecular flexibility index (Phi) is 4.73. The third-order valence-electron chi connectivity index (χ3n) is 4.60. The summed E-state index contributed by atoms with van der Waals surface area (Å²) >= 11 is 0. The quantitative estimate of drug-likeness (QED) is 0.804. The van der Waals surface area contributed by atoms with Crippen LogP contribution in [0, 0.1) is 6.92 Å². The van der Waals surface area contributed by atoms with Crippen LogP contribution in [0.3, 0.4) is 0 Å². The molecule has 0 aliphatic heterocycles. The van der Waals surface area contributed by atoms with Gasteiger partial charge >= 0.3 is 6.18 Å². The van der Waals surface area contributed by atoms with E-state index < -0.39 is 17.5 Å². The van der Waals surface area contributed by atoms with Crippen LogP contribution in [0.25, 0.3) is 11.3 Å². The number of rotatable bonds is 6. The minimum atomic E-state index is -4.66. The zero-order chi connectivity index (χ0) is 18.9. The smallest absolute Gasteiger partial charge is 0.453 e. The van der Waals surface area contributed by atoms with Crippen molar-refractivity contribution < 1.29 is 27.1 Å². The van der Waals surface area contributed by atoms with Gasteiger partial charge in [-0.3, -0.25) is 4.79 Å². The Morgan fingerprint density at radius 1 is 1.27 bits per heavy atom. The number of carbonyl (C=O) groups is 1. The van der Waals surface area contributed by atoms with E-state index in [9.17, 15) is 18.0 Å². The molecule has 0 saturated heterocycles. The second kappa shape index (κ2) is 6.70. The standard InChI is InChI=1S/C19H20F3NO3/c1-12-15(13-6-4-3-5-7-13)25-17(19(20,21)22)16(12)26-18(10-11-18)9-8-14(24)23-2/h3-7H,8-11H2,1-2H3,(H,23,24). The maximum absolute atomic E-state index is 13.5. The number of hydrogen-bond donors (Lipinski definition) is 1. The first-order chi connectivity index (χ1) is 12.3. The Morgan fingerprint density at radius 3 is 2.46 bits per heavy atom. The highest BCUT2D eigenvalue weighted by Crippen LogP contribution is 2.51. The Balaban J connectivity index is 1.93. The highest BCUT2D eigenvalue weighted by atomic mass is 19.4. The van der Waals surface area contributed by atoms with Gasteiger partial charge in [0.1, 0.15) is 11.4 Å². The first-order valence-electron chi connectivity index (χ1n) is 8.41. The summed E-state index contributed by atoms with van der Waals surface area (Å²) in [5.41, 5.74) is 0.144. The minimum absolute atomic E-state index is 0.148. The van der Waals surface area contributed by atoms with Gasteiger partial charge in [-0.05, 0) is 26.2 Å². The first-order valence-corrected chi connectivity index (χ1v) is 8.41. The number of alkyl halides is 3. The molecule has 1 aromatic carbocycles. The van der Waals surface area contributed by atoms with Crippen LogP contribution in [0.2, 0.25) is 0 Å². The molecule has 0 spiro atoms. The van der Waals surface area contributed by atoms with Gasteiger partial charge in [-0.1, -0.05) is 30.3 Å². The van der Waals surface area contributed by atoms with Crippen LogP contribution in [-0.2, 0) is 11.0 Å². The minimum Gasteiger partial charge on any atom is -0.483 e. The van der Waals surface area contributed by atoms with Crippen molar-refractivity contribution >= 4 is 5.91 Å². The topological polar surface area (TPSA) is 51.5 Å². The highest BCUT2D eigenvalue weighted by molar-refractivity contribution is 5.75. The van der Waals surface area contributed by atoms with Crippen molar-refractivity contribution in [1.29, 1.82) is 0 Å². The number of benzene rings is 1. The number of furan rings is 1. The zero-order valence-corrected chi connectivity index (χ0v) is 14.6. The van der Waals surface area contributed by atoms with Gasteiger partial charge in [0.25, 0.3) is 5.76 Å². The summed E-state index contributed by atoms with van der Waals surface area (Å²) in [4.78, 5) is 11.5. The molecule has 0 bridgehead atoms. The van der Waals surface area contributed by atoms with Gasteiger partial charge in [-0.15, -0.1) is 0 Å². The van der Waals surface area contributed by atoms with E-state index >= 15 is 0 Å². The van der Waals surface area contributed by atoms with Gasteiger partial charge in [0.15, 0.2) is 5.75 Å².